The van der Waals surface area contributed by atoms with Crippen LogP contribution in [0, 0.1) is 6.92 Å². The quantitative estimate of drug-likeness (QED) is 0.673. The summed E-state index contributed by atoms with van der Waals surface area (Å²) < 4.78 is 2.13. The minimum atomic E-state index is 0.119. The van der Waals surface area contributed by atoms with Crippen LogP contribution in [-0.4, -0.2) is 4.98 Å². The number of nitrogens with one attached hydrogen (secondary N) is 1. The van der Waals surface area contributed by atoms with Gasteiger partial charge in [0.05, 0.1) is 22.9 Å². The van der Waals surface area contributed by atoms with E-state index in [2.05, 4.69) is 82.4 Å². The van der Waals surface area contributed by atoms with Crippen LogP contribution in [0.3, 0.4) is 0 Å². The summed E-state index contributed by atoms with van der Waals surface area (Å²) in [5.41, 5.74) is 3.49. The Kier molecular flexibility index (Phi) is 4.92. The van der Waals surface area contributed by atoms with Crippen molar-refractivity contribution in [3.05, 3.63) is 42.7 Å². The van der Waals surface area contributed by atoms with E-state index in [4.69, 9.17) is 4.98 Å². The fourth-order valence-corrected chi connectivity index (χ4v) is 4.38. The molecule has 108 valence electrons. The van der Waals surface area contributed by atoms with Crippen molar-refractivity contribution in [2.24, 2.45) is 0 Å². The zero-order valence-electron chi connectivity index (χ0n) is 12.1. The number of aromatic nitrogens is 1. The Balaban J connectivity index is 2.12. The summed E-state index contributed by atoms with van der Waals surface area (Å²) in [6.07, 6.45) is 0. The Morgan fingerprint density at radius 1 is 1.20 bits per heavy atom. The molecule has 0 aliphatic rings. The Bertz CT molecular complexity index is 592. The van der Waals surface area contributed by atoms with Gasteiger partial charge in [-0.25, -0.2) is 4.98 Å². The topological polar surface area (TPSA) is 24.9 Å². The minimum absolute atomic E-state index is 0.119. The van der Waals surface area contributed by atoms with Crippen molar-refractivity contribution >= 4 is 48.9 Å². The Morgan fingerprint density at radius 3 is 2.30 bits per heavy atom. The largest absolute Gasteiger partial charge is 0.378 e. The third-order valence-corrected chi connectivity index (χ3v) is 5.39. The molecule has 0 spiro atoms. The van der Waals surface area contributed by atoms with Crippen LogP contribution in [0.15, 0.2) is 26.5 Å². The molecule has 0 saturated heterocycles. The lowest BCUT2D eigenvalue weighted by Crippen LogP contribution is -2.11. The van der Waals surface area contributed by atoms with E-state index in [0.717, 1.165) is 26.9 Å². The van der Waals surface area contributed by atoms with Gasteiger partial charge in [-0.05, 0) is 56.5 Å². The van der Waals surface area contributed by atoms with Gasteiger partial charge in [0.2, 0.25) is 0 Å². The summed E-state index contributed by atoms with van der Waals surface area (Å²) >= 11 is 8.92. The van der Waals surface area contributed by atoms with Gasteiger partial charge in [0, 0.05) is 19.7 Å². The van der Waals surface area contributed by atoms with Gasteiger partial charge in [-0.15, -0.1) is 11.3 Å². The first-order valence-corrected chi connectivity index (χ1v) is 8.88. The highest BCUT2D eigenvalue weighted by molar-refractivity contribution is 9.11. The highest BCUT2D eigenvalue weighted by Gasteiger charge is 2.18. The highest BCUT2D eigenvalue weighted by Crippen LogP contribution is 2.33. The van der Waals surface area contributed by atoms with E-state index in [1.807, 2.05) is 0 Å². The van der Waals surface area contributed by atoms with Crippen LogP contribution >= 0.6 is 43.2 Å². The molecule has 1 aromatic heterocycles. The van der Waals surface area contributed by atoms with E-state index in [0.29, 0.717) is 0 Å². The molecule has 1 N–H and O–H groups in total. The predicted octanol–water partition coefficient (Wildman–Crippen LogP) is 5.89. The first-order valence-electron chi connectivity index (χ1n) is 6.42. The third kappa shape index (κ3) is 3.83. The second-order valence-corrected chi connectivity index (χ2v) is 8.42. The molecule has 0 saturated carbocycles. The number of aryl methyl sites for hydroxylation is 1. The number of anilines is 1. The molecule has 20 heavy (non-hydrogen) atoms. The van der Waals surface area contributed by atoms with Gasteiger partial charge in [-0.3, -0.25) is 0 Å². The van der Waals surface area contributed by atoms with Crippen LogP contribution < -0.4 is 5.32 Å². The molecule has 2 nitrogen and oxygen atoms in total. The van der Waals surface area contributed by atoms with Crippen molar-refractivity contribution in [1.82, 2.24) is 4.98 Å². The van der Waals surface area contributed by atoms with E-state index >= 15 is 0 Å². The lowest BCUT2D eigenvalue weighted by molar-refractivity contribution is 0.583. The summed E-state index contributed by atoms with van der Waals surface area (Å²) in [7, 11) is 0. The number of benzene rings is 1. The summed E-state index contributed by atoms with van der Waals surface area (Å²) in [6, 6.07) is 4.21. The molecule has 5 heteroatoms. The van der Waals surface area contributed by atoms with E-state index in [9.17, 15) is 0 Å². The van der Waals surface area contributed by atoms with E-state index < -0.39 is 0 Å². The fourth-order valence-electron chi connectivity index (χ4n) is 1.78. The van der Waals surface area contributed by atoms with Crippen molar-refractivity contribution in [2.45, 2.75) is 39.7 Å². The Labute approximate surface area is 141 Å². The summed E-state index contributed by atoms with van der Waals surface area (Å²) in [5, 5.41) is 6.75. The zero-order chi connectivity index (χ0) is 14.9. The molecule has 0 radical (unpaired) electrons. The van der Waals surface area contributed by atoms with E-state index in [1.54, 1.807) is 11.3 Å². The molecule has 1 heterocycles. The molecule has 0 atom stereocenters. The standard InChI is InChI=1S/C15H18Br2N2S/c1-9-5-11(16)13(12(17)6-9)18-7-10-8-20-14(19-10)15(2,3)4/h5-6,8,18H,7H2,1-4H3. The van der Waals surface area contributed by atoms with Crippen molar-refractivity contribution in [2.75, 3.05) is 5.32 Å². The molecule has 0 bridgehead atoms. The number of halogens is 2. The minimum Gasteiger partial charge on any atom is -0.378 e. The monoisotopic (exact) mass is 416 g/mol. The van der Waals surface area contributed by atoms with Crippen LogP contribution in [0.5, 0.6) is 0 Å². The molecule has 0 aliphatic carbocycles. The van der Waals surface area contributed by atoms with Gasteiger partial charge in [0.1, 0.15) is 0 Å². The smallest absolute Gasteiger partial charge is 0.0982 e. The Hall–Kier alpha value is -0.390. The first kappa shape index (κ1) is 16.0. The van der Waals surface area contributed by atoms with Crippen molar-refractivity contribution in [1.29, 1.82) is 0 Å². The SMILES string of the molecule is Cc1cc(Br)c(NCc2csc(C(C)(C)C)n2)c(Br)c1. The molecule has 2 rings (SSSR count). The molecule has 0 fully saturated rings. The summed E-state index contributed by atoms with van der Waals surface area (Å²) in [6.45, 7) is 9.38. The maximum Gasteiger partial charge on any atom is 0.0982 e. The van der Waals surface area contributed by atoms with E-state index in [-0.39, 0.29) is 5.41 Å². The molecular weight excluding hydrogens is 400 g/mol. The first-order chi connectivity index (χ1) is 9.27. The number of rotatable bonds is 3. The number of nitrogens with zero attached hydrogens (tertiary/aromatic N) is 1. The summed E-state index contributed by atoms with van der Waals surface area (Å²) in [5.74, 6) is 0. The molecule has 0 amide bonds. The average Bonchev–Trinajstić information content (AvgIpc) is 2.75. The van der Waals surface area contributed by atoms with Gasteiger partial charge >= 0.3 is 0 Å². The Morgan fingerprint density at radius 2 is 1.80 bits per heavy atom. The predicted molar refractivity (Wildman–Crippen MR) is 94.7 cm³/mol. The van der Waals surface area contributed by atoms with Crippen LogP contribution in [0.2, 0.25) is 0 Å². The van der Waals surface area contributed by atoms with Gasteiger partial charge in [0.25, 0.3) is 0 Å². The number of thiazole rings is 1. The summed E-state index contributed by atoms with van der Waals surface area (Å²) in [4.78, 5) is 4.70. The zero-order valence-corrected chi connectivity index (χ0v) is 16.0. The van der Waals surface area contributed by atoms with Gasteiger partial charge in [-0.2, -0.15) is 0 Å². The maximum atomic E-state index is 4.70. The van der Waals surface area contributed by atoms with E-state index in [1.165, 1.54) is 10.6 Å². The number of hydrogen-bond donors (Lipinski definition) is 1. The van der Waals surface area contributed by atoms with Crippen LogP contribution in [0.4, 0.5) is 5.69 Å². The van der Waals surface area contributed by atoms with Gasteiger partial charge in [-0.1, -0.05) is 20.8 Å². The lowest BCUT2D eigenvalue weighted by atomic mass is 9.98. The average molecular weight is 418 g/mol. The number of hydrogen-bond acceptors (Lipinski definition) is 3. The normalized spacial score (nSPS) is 11.7. The van der Waals surface area contributed by atoms with Crippen molar-refractivity contribution < 1.29 is 0 Å². The molecule has 2 aromatic rings. The van der Waals surface area contributed by atoms with Crippen molar-refractivity contribution in [3.63, 3.8) is 0 Å². The van der Waals surface area contributed by atoms with Crippen molar-refractivity contribution in [3.8, 4) is 0 Å². The highest BCUT2D eigenvalue weighted by atomic mass is 79.9. The van der Waals surface area contributed by atoms with Crippen LogP contribution in [0.25, 0.3) is 0 Å². The second kappa shape index (κ2) is 6.16. The molecule has 0 aliphatic heterocycles. The maximum absolute atomic E-state index is 4.70. The van der Waals surface area contributed by atoms with Crippen LogP contribution in [-0.2, 0) is 12.0 Å². The third-order valence-electron chi connectivity index (χ3n) is 2.83. The van der Waals surface area contributed by atoms with Gasteiger partial charge < -0.3 is 5.32 Å². The van der Waals surface area contributed by atoms with Gasteiger partial charge in [0.15, 0.2) is 0 Å². The second-order valence-electron chi connectivity index (χ2n) is 5.85. The molecular formula is C15H18Br2N2S. The molecule has 1 aromatic carbocycles. The fraction of sp³-hybridized carbons (Fsp3) is 0.400. The lowest BCUT2D eigenvalue weighted by Gasteiger charge is -2.14. The van der Waals surface area contributed by atoms with Crippen LogP contribution in [0.1, 0.15) is 37.0 Å². The molecule has 0 unspecified atom stereocenters.